The lowest BCUT2D eigenvalue weighted by Gasteiger charge is -2.12. The van der Waals surface area contributed by atoms with Gasteiger partial charge in [-0.15, -0.1) is 0 Å². The zero-order chi connectivity index (χ0) is 24.6. The molecular formula is C27H26N4O3S. The Hall–Kier alpha value is -3.91. The van der Waals surface area contributed by atoms with Gasteiger partial charge < -0.3 is 9.47 Å². The van der Waals surface area contributed by atoms with Gasteiger partial charge in [0.1, 0.15) is 6.61 Å². The summed E-state index contributed by atoms with van der Waals surface area (Å²) in [6.07, 6.45) is 1.56. The molecule has 0 saturated heterocycles. The Labute approximate surface area is 208 Å². The molecule has 1 N–H and O–H groups in total. The predicted octanol–water partition coefficient (Wildman–Crippen LogP) is 5.08. The number of hydrogen-bond donors (Lipinski definition) is 1. The second-order valence-corrected chi connectivity index (χ2v) is 8.79. The van der Waals surface area contributed by atoms with Crippen molar-refractivity contribution >= 4 is 34.7 Å². The van der Waals surface area contributed by atoms with E-state index >= 15 is 0 Å². The van der Waals surface area contributed by atoms with Crippen LogP contribution in [-0.4, -0.2) is 35.0 Å². The molecule has 0 aliphatic rings. The molecule has 4 rings (SSSR count). The van der Waals surface area contributed by atoms with Crippen LogP contribution in [0.1, 0.15) is 22.5 Å². The number of thioether (sulfide) groups is 1. The summed E-state index contributed by atoms with van der Waals surface area (Å²) in [5.41, 5.74) is 6.14. The van der Waals surface area contributed by atoms with Gasteiger partial charge in [0.05, 0.1) is 19.1 Å². The van der Waals surface area contributed by atoms with E-state index in [1.165, 1.54) is 17.1 Å². The molecule has 0 bridgehead atoms. The molecule has 0 unspecified atom stereocenters. The molecule has 35 heavy (non-hydrogen) atoms. The molecule has 1 heterocycles. The van der Waals surface area contributed by atoms with Crippen molar-refractivity contribution in [2.24, 2.45) is 5.10 Å². The van der Waals surface area contributed by atoms with Crippen LogP contribution in [0.5, 0.6) is 11.5 Å². The van der Waals surface area contributed by atoms with Crippen LogP contribution in [0.3, 0.4) is 0 Å². The quantitative estimate of drug-likeness (QED) is 0.154. The largest absolute Gasteiger partial charge is 0.493 e. The van der Waals surface area contributed by atoms with Gasteiger partial charge in [0.15, 0.2) is 16.7 Å². The normalized spacial score (nSPS) is 11.1. The number of rotatable bonds is 9. The van der Waals surface area contributed by atoms with Crippen LogP contribution in [0.4, 0.5) is 0 Å². The zero-order valence-corrected chi connectivity index (χ0v) is 20.6. The summed E-state index contributed by atoms with van der Waals surface area (Å²) in [5.74, 6) is 1.15. The Morgan fingerprint density at radius 3 is 2.57 bits per heavy atom. The van der Waals surface area contributed by atoms with Crippen molar-refractivity contribution in [1.29, 1.82) is 0 Å². The van der Waals surface area contributed by atoms with E-state index in [9.17, 15) is 4.79 Å². The number of nitrogens with zero attached hydrogens (tertiary/aromatic N) is 3. The number of nitrogens with one attached hydrogen (secondary N) is 1. The maximum Gasteiger partial charge on any atom is 0.250 e. The first-order valence-electron chi connectivity index (χ1n) is 11.1. The molecule has 7 nitrogen and oxygen atoms in total. The molecule has 0 aliphatic carbocycles. The van der Waals surface area contributed by atoms with E-state index in [1.807, 2.05) is 56.3 Å². The third kappa shape index (κ3) is 6.58. The number of methoxy groups -OCH3 is 1. The van der Waals surface area contributed by atoms with E-state index in [0.717, 1.165) is 27.9 Å². The lowest BCUT2D eigenvalue weighted by molar-refractivity contribution is -0.118. The van der Waals surface area contributed by atoms with E-state index in [1.54, 1.807) is 13.3 Å². The number of amides is 1. The number of hydrogen-bond acceptors (Lipinski definition) is 7. The van der Waals surface area contributed by atoms with E-state index in [-0.39, 0.29) is 11.7 Å². The average molecular weight is 487 g/mol. The van der Waals surface area contributed by atoms with Gasteiger partial charge in [-0.25, -0.2) is 15.4 Å². The highest BCUT2D eigenvalue weighted by atomic mass is 32.2. The summed E-state index contributed by atoms with van der Waals surface area (Å²) in [7, 11) is 1.59. The molecule has 0 saturated carbocycles. The minimum atomic E-state index is -0.240. The van der Waals surface area contributed by atoms with Crippen molar-refractivity contribution in [2.75, 3.05) is 12.9 Å². The summed E-state index contributed by atoms with van der Waals surface area (Å²) in [4.78, 5) is 20.8. The first-order chi connectivity index (χ1) is 17.0. The monoisotopic (exact) mass is 486 g/mol. The van der Waals surface area contributed by atoms with Crippen LogP contribution in [-0.2, 0) is 11.4 Å². The molecule has 0 fully saturated rings. The third-order valence-corrected chi connectivity index (χ3v) is 6.00. The van der Waals surface area contributed by atoms with Gasteiger partial charge in [-0.3, -0.25) is 4.79 Å². The third-order valence-electron chi connectivity index (χ3n) is 5.15. The van der Waals surface area contributed by atoms with Gasteiger partial charge in [0, 0.05) is 11.4 Å². The standard InChI is InChI=1S/C27H26N4O3S/c1-18-13-19(2)30-27(29-18)35-17-26(32)31-28-15-20-11-12-24(25(14-20)33-3)34-16-22-9-6-8-21-7-4-5-10-23(21)22/h4-15H,16-17H2,1-3H3,(H,31,32)/b28-15-. The maximum atomic E-state index is 12.1. The highest BCUT2D eigenvalue weighted by Crippen LogP contribution is 2.29. The second-order valence-electron chi connectivity index (χ2n) is 7.85. The number of benzene rings is 3. The molecule has 0 atom stereocenters. The van der Waals surface area contributed by atoms with Crippen molar-refractivity contribution < 1.29 is 14.3 Å². The molecule has 0 aliphatic heterocycles. The van der Waals surface area contributed by atoms with Crippen LogP contribution in [0.2, 0.25) is 0 Å². The van der Waals surface area contributed by atoms with Gasteiger partial charge >= 0.3 is 0 Å². The Kier molecular flexibility index (Phi) is 7.95. The van der Waals surface area contributed by atoms with Crippen molar-refractivity contribution in [3.05, 3.63) is 89.2 Å². The molecule has 0 radical (unpaired) electrons. The Morgan fingerprint density at radius 2 is 1.77 bits per heavy atom. The summed E-state index contributed by atoms with van der Waals surface area (Å²) >= 11 is 1.27. The molecule has 1 amide bonds. The molecule has 178 valence electrons. The summed E-state index contributed by atoms with van der Waals surface area (Å²) in [6, 6.07) is 21.8. The second kappa shape index (κ2) is 11.5. The number of fused-ring (bicyclic) bond motifs is 1. The van der Waals surface area contributed by atoms with Gasteiger partial charge in [0.2, 0.25) is 0 Å². The first-order valence-corrected chi connectivity index (χ1v) is 12.0. The number of hydrazone groups is 1. The van der Waals surface area contributed by atoms with Gasteiger partial charge in [-0.05, 0) is 60.0 Å². The average Bonchev–Trinajstić information content (AvgIpc) is 2.86. The molecule has 3 aromatic carbocycles. The van der Waals surface area contributed by atoms with Gasteiger partial charge in [-0.2, -0.15) is 5.10 Å². The number of carbonyl (C=O) groups excluding carboxylic acids is 1. The van der Waals surface area contributed by atoms with Crippen LogP contribution in [0.25, 0.3) is 10.8 Å². The van der Waals surface area contributed by atoms with Crippen LogP contribution in [0, 0.1) is 13.8 Å². The maximum absolute atomic E-state index is 12.1. The zero-order valence-electron chi connectivity index (χ0n) is 19.8. The van der Waals surface area contributed by atoms with Crippen molar-refractivity contribution in [1.82, 2.24) is 15.4 Å². The van der Waals surface area contributed by atoms with E-state index in [0.29, 0.717) is 23.3 Å². The lowest BCUT2D eigenvalue weighted by Crippen LogP contribution is -2.19. The fraction of sp³-hybridized carbons (Fsp3) is 0.185. The minimum absolute atomic E-state index is 0.171. The summed E-state index contributed by atoms with van der Waals surface area (Å²) < 4.78 is 11.6. The van der Waals surface area contributed by atoms with E-state index < -0.39 is 0 Å². The number of aromatic nitrogens is 2. The van der Waals surface area contributed by atoms with E-state index in [2.05, 4.69) is 44.8 Å². The minimum Gasteiger partial charge on any atom is -0.493 e. The van der Waals surface area contributed by atoms with Crippen molar-refractivity contribution in [2.45, 2.75) is 25.6 Å². The topological polar surface area (TPSA) is 85.7 Å². The summed E-state index contributed by atoms with van der Waals surface area (Å²) in [5, 5.41) is 6.96. The summed E-state index contributed by atoms with van der Waals surface area (Å²) in [6.45, 7) is 4.22. The molecular weight excluding hydrogens is 460 g/mol. The van der Waals surface area contributed by atoms with Crippen molar-refractivity contribution in [3.8, 4) is 11.5 Å². The predicted molar refractivity (Wildman–Crippen MR) is 139 cm³/mol. The van der Waals surface area contributed by atoms with Gasteiger partial charge in [0.25, 0.3) is 5.91 Å². The Morgan fingerprint density at radius 1 is 1.00 bits per heavy atom. The molecule has 4 aromatic rings. The Balaban J connectivity index is 1.34. The van der Waals surface area contributed by atoms with Crippen LogP contribution < -0.4 is 14.9 Å². The Bertz CT molecular complexity index is 1350. The number of aryl methyl sites for hydroxylation is 2. The highest BCUT2D eigenvalue weighted by Gasteiger charge is 2.08. The van der Waals surface area contributed by atoms with E-state index in [4.69, 9.17) is 9.47 Å². The number of ether oxygens (including phenoxy) is 2. The van der Waals surface area contributed by atoms with Crippen LogP contribution >= 0.6 is 11.8 Å². The fourth-order valence-electron chi connectivity index (χ4n) is 3.56. The van der Waals surface area contributed by atoms with Crippen LogP contribution in [0.15, 0.2) is 77.0 Å². The van der Waals surface area contributed by atoms with Crippen molar-refractivity contribution in [3.63, 3.8) is 0 Å². The molecule has 8 heteroatoms. The SMILES string of the molecule is COc1cc(/C=N\NC(=O)CSc2nc(C)cc(C)n2)ccc1OCc1cccc2ccccc12. The van der Waals surface area contributed by atoms with Gasteiger partial charge in [-0.1, -0.05) is 54.2 Å². The first kappa shape index (κ1) is 24.2. The molecule has 0 spiro atoms. The smallest absolute Gasteiger partial charge is 0.250 e. The fourth-order valence-corrected chi connectivity index (χ4v) is 4.30. The number of carbonyl (C=O) groups is 1. The molecule has 1 aromatic heterocycles. The lowest BCUT2D eigenvalue weighted by atomic mass is 10.1. The highest BCUT2D eigenvalue weighted by molar-refractivity contribution is 7.99.